The molecule has 1 amide bonds. The highest BCUT2D eigenvalue weighted by Gasteiger charge is 2.37. The molecule has 30 heavy (non-hydrogen) atoms. The largest absolute Gasteiger partial charge is 0.476 e. The molecule has 11 heteroatoms. The van der Waals surface area contributed by atoms with E-state index in [4.69, 9.17) is 9.26 Å². The number of rotatable bonds is 6. The van der Waals surface area contributed by atoms with Gasteiger partial charge in [-0.1, -0.05) is 23.4 Å². The number of sulfonamides is 1. The zero-order valence-electron chi connectivity index (χ0n) is 16.4. The van der Waals surface area contributed by atoms with Crippen molar-refractivity contribution < 1.29 is 22.5 Å². The summed E-state index contributed by atoms with van der Waals surface area (Å²) in [5.41, 5.74) is 0.434. The van der Waals surface area contributed by atoms with Gasteiger partial charge in [-0.15, -0.1) is 11.3 Å². The molecule has 9 nitrogen and oxygen atoms in total. The molecule has 0 unspecified atom stereocenters. The highest BCUT2D eigenvalue weighted by atomic mass is 32.2. The summed E-state index contributed by atoms with van der Waals surface area (Å²) in [6.07, 6.45) is -0.981. The number of para-hydroxylation sites is 2. The zero-order chi connectivity index (χ0) is 21.3. The summed E-state index contributed by atoms with van der Waals surface area (Å²) < 4.78 is 37.5. The predicted molar refractivity (Wildman–Crippen MR) is 112 cm³/mol. The fourth-order valence-electron chi connectivity index (χ4n) is 3.10. The van der Waals surface area contributed by atoms with Crippen molar-refractivity contribution in [3.8, 4) is 16.5 Å². The Kier molecular flexibility index (Phi) is 5.48. The van der Waals surface area contributed by atoms with Crippen LogP contribution in [0.15, 0.2) is 46.3 Å². The molecule has 1 aliphatic heterocycles. The molecule has 3 aromatic rings. The minimum absolute atomic E-state index is 0.0778. The Labute approximate surface area is 177 Å². The van der Waals surface area contributed by atoms with Gasteiger partial charge in [0, 0.05) is 7.05 Å². The first-order valence-electron chi connectivity index (χ1n) is 9.26. The SMILES string of the molecule is CCS(=O)(=O)N1C[C@H](C(=O)N(C)Cc2nc(-c3cccs3)no2)Oc2ccccc21. The lowest BCUT2D eigenvalue weighted by atomic mass is 10.2. The van der Waals surface area contributed by atoms with Crippen LogP contribution in [0.25, 0.3) is 10.7 Å². The second kappa shape index (κ2) is 8.07. The Morgan fingerprint density at radius 3 is 2.83 bits per heavy atom. The number of nitrogens with zero attached hydrogens (tertiary/aromatic N) is 4. The smallest absolute Gasteiger partial charge is 0.265 e. The van der Waals surface area contributed by atoms with Crippen molar-refractivity contribution in [2.45, 2.75) is 19.6 Å². The number of likely N-dealkylation sites (N-methyl/N-ethyl adjacent to an activating group) is 1. The minimum Gasteiger partial charge on any atom is -0.476 e. The number of anilines is 1. The fourth-order valence-corrected chi connectivity index (χ4v) is 4.88. The van der Waals surface area contributed by atoms with Gasteiger partial charge < -0.3 is 14.2 Å². The van der Waals surface area contributed by atoms with Crippen LogP contribution in [0.1, 0.15) is 12.8 Å². The van der Waals surface area contributed by atoms with Gasteiger partial charge in [-0.05, 0) is 30.5 Å². The second-order valence-corrected chi connectivity index (χ2v) is 9.82. The maximum atomic E-state index is 13.0. The first-order valence-corrected chi connectivity index (χ1v) is 11.8. The highest BCUT2D eigenvalue weighted by molar-refractivity contribution is 7.92. The lowest BCUT2D eigenvalue weighted by Gasteiger charge is -2.35. The van der Waals surface area contributed by atoms with E-state index in [1.807, 2.05) is 17.5 Å². The molecule has 3 heterocycles. The van der Waals surface area contributed by atoms with E-state index < -0.39 is 16.1 Å². The molecule has 0 spiro atoms. The maximum Gasteiger partial charge on any atom is 0.265 e. The van der Waals surface area contributed by atoms with Gasteiger partial charge in [0.1, 0.15) is 5.75 Å². The van der Waals surface area contributed by atoms with Crippen LogP contribution < -0.4 is 9.04 Å². The summed E-state index contributed by atoms with van der Waals surface area (Å²) in [7, 11) is -1.98. The predicted octanol–water partition coefficient (Wildman–Crippen LogP) is 2.37. The van der Waals surface area contributed by atoms with Crippen LogP contribution in [0.3, 0.4) is 0 Å². The van der Waals surface area contributed by atoms with Crippen molar-refractivity contribution >= 4 is 33.0 Å². The molecule has 2 aromatic heterocycles. The van der Waals surface area contributed by atoms with Crippen LogP contribution in [-0.2, 0) is 21.4 Å². The zero-order valence-corrected chi connectivity index (χ0v) is 18.0. The Hall–Kier alpha value is -2.92. The monoisotopic (exact) mass is 448 g/mol. The van der Waals surface area contributed by atoms with Crippen molar-refractivity contribution in [2.24, 2.45) is 0 Å². The normalized spacial score (nSPS) is 16.1. The average Bonchev–Trinajstić information content (AvgIpc) is 3.44. The van der Waals surface area contributed by atoms with Gasteiger partial charge >= 0.3 is 0 Å². The summed E-state index contributed by atoms with van der Waals surface area (Å²) in [6, 6.07) is 10.5. The van der Waals surface area contributed by atoms with E-state index >= 15 is 0 Å². The van der Waals surface area contributed by atoms with Crippen LogP contribution in [0, 0.1) is 0 Å². The van der Waals surface area contributed by atoms with Gasteiger partial charge in [0.2, 0.25) is 21.7 Å². The third-order valence-corrected chi connectivity index (χ3v) is 7.28. The lowest BCUT2D eigenvalue weighted by molar-refractivity contribution is -0.138. The number of carbonyl (C=O) groups is 1. The number of benzene rings is 1. The molecule has 0 saturated carbocycles. The number of hydrogen-bond acceptors (Lipinski definition) is 8. The van der Waals surface area contributed by atoms with Gasteiger partial charge in [-0.2, -0.15) is 4.98 Å². The van der Waals surface area contributed by atoms with E-state index in [9.17, 15) is 13.2 Å². The van der Waals surface area contributed by atoms with Crippen LogP contribution in [-0.4, -0.2) is 54.8 Å². The summed E-state index contributed by atoms with van der Waals surface area (Å²) >= 11 is 1.49. The Bertz CT molecular complexity index is 1140. The van der Waals surface area contributed by atoms with E-state index in [1.54, 1.807) is 38.2 Å². The highest BCUT2D eigenvalue weighted by Crippen LogP contribution is 2.35. The van der Waals surface area contributed by atoms with Gasteiger partial charge in [-0.3, -0.25) is 9.10 Å². The van der Waals surface area contributed by atoms with Crippen LogP contribution in [0.2, 0.25) is 0 Å². The number of aromatic nitrogens is 2. The van der Waals surface area contributed by atoms with E-state index in [-0.39, 0.29) is 30.6 Å². The minimum atomic E-state index is -3.56. The number of carbonyl (C=O) groups excluding carboxylic acids is 1. The first kappa shape index (κ1) is 20.4. The summed E-state index contributed by atoms with van der Waals surface area (Å²) in [5, 5.41) is 5.85. The molecule has 1 aliphatic rings. The quantitative estimate of drug-likeness (QED) is 0.570. The van der Waals surface area contributed by atoms with E-state index in [0.717, 1.165) is 4.88 Å². The van der Waals surface area contributed by atoms with E-state index in [1.165, 1.54) is 20.5 Å². The molecule has 0 radical (unpaired) electrons. The fraction of sp³-hybridized carbons (Fsp3) is 0.316. The Morgan fingerprint density at radius 2 is 2.10 bits per heavy atom. The molecule has 158 valence electrons. The van der Waals surface area contributed by atoms with Crippen molar-refractivity contribution in [2.75, 3.05) is 23.7 Å². The number of thiophene rings is 1. The van der Waals surface area contributed by atoms with Gasteiger partial charge in [-0.25, -0.2) is 8.42 Å². The summed E-state index contributed by atoms with van der Waals surface area (Å²) in [5.74, 6) is 0.639. The maximum absolute atomic E-state index is 13.0. The summed E-state index contributed by atoms with van der Waals surface area (Å²) in [4.78, 5) is 19.6. The molecule has 1 aromatic carbocycles. The molecule has 0 saturated heterocycles. The number of hydrogen-bond donors (Lipinski definition) is 0. The molecular formula is C19H20N4O5S2. The summed E-state index contributed by atoms with van der Waals surface area (Å²) in [6.45, 7) is 1.55. The lowest BCUT2D eigenvalue weighted by Crippen LogP contribution is -2.51. The first-order chi connectivity index (χ1) is 14.4. The van der Waals surface area contributed by atoms with E-state index in [0.29, 0.717) is 17.3 Å². The molecule has 0 aliphatic carbocycles. The van der Waals surface area contributed by atoms with Crippen LogP contribution >= 0.6 is 11.3 Å². The van der Waals surface area contributed by atoms with Crippen LogP contribution in [0.5, 0.6) is 5.75 Å². The molecule has 0 bridgehead atoms. The third kappa shape index (κ3) is 3.90. The molecule has 0 N–H and O–H groups in total. The topological polar surface area (TPSA) is 106 Å². The number of fused-ring (bicyclic) bond motifs is 1. The molecule has 1 atom stereocenters. The van der Waals surface area contributed by atoms with Gasteiger partial charge in [0.05, 0.1) is 29.4 Å². The second-order valence-electron chi connectivity index (χ2n) is 6.69. The van der Waals surface area contributed by atoms with Crippen molar-refractivity contribution in [1.82, 2.24) is 15.0 Å². The molecule has 0 fully saturated rings. The van der Waals surface area contributed by atoms with Crippen molar-refractivity contribution in [3.05, 3.63) is 47.7 Å². The van der Waals surface area contributed by atoms with Gasteiger partial charge in [0.25, 0.3) is 5.91 Å². The molecule has 4 rings (SSSR count). The number of amides is 1. The number of ether oxygens (including phenoxy) is 1. The third-order valence-electron chi connectivity index (χ3n) is 4.67. The van der Waals surface area contributed by atoms with Gasteiger partial charge in [0.15, 0.2) is 6.10 Å². The Morgan fingerprint density at radius 1 is 1.30 bits per heavy atom. The average molecular weight is 449 g/mol. The van der Waals surface area contributed by atoms with Crippen LogP contribution in [0.4, 0.5) is 5.69 Å². The molecular weight excluding hydrogens is 428 g/mol. The Balaban J connectivity index is 1.51. The van der Waals surface area contributed by atoms with E-state index in [2.05, 4.69) is 10.1 Å². The standard InChI is InChI=1S/C19H20N4O5S2/c1-3-30(25,26)23-11-15(27-14-8-5-4-7-13(14)23)19(24)22(2)12-17-20-18(21-28-17)16-9-6-10-29-16/h4-10,15H,3,11-12H2,1-2H3/t15-/m1/s1. The van der Waals surface area contributed by atoms with Crippen molar-refractivity contribution in [3.63, 3.8) is 0 Å². The van der Waals surface area contributed by atoms with Crippen molar-refractivity contribution in [1.29, 1.82) is 0 Å².